The Balaban J connectivity index is 2.34. The fourth-order valence-corrected chi connectivity index (χ4v) is 2.95. The average molecular weight is 316 g/mol. The van der Waals surface area contributed by atoms with Crippen LogP contribution in [0.25, 0.3) is 0 Å². The first kappa shape index (κ1) is 15.9. The fraction of sp³-hybridized carbons (Fsp3) is 0.462. The van der Waals surface area contributed by atoms with Crippen LogP contribution in [-0.2, 0) is 14.8 Å². The van der Waals surface area contributed by atoms with Crippen molar-refractivity contribution < 1.29 is 22.3 Å². The van der Waals surface area contributed by atoms with Gasteiger partial charge in [0.15, 0.2) is 0 Å². The number of amides is 1. The van der Waals surface area contributed by atoms with Gasteiger partial charge in [-0.25, -0.2) is 17.9 Å². The minimum atomic E-state index is -3.99. The number of benzene rings is 1. The van der Waals surface area contributed by atoms with Crippen molar-refractivity contribution in [1.82, 2.24) is 4.90 Å². The smallest absolute Gasteiger partial charge is 0.256 e. The summed E-state index contributed by atoms with van der Waals surface area (Å²) >= 11 is 0. The van der Waals surface area contributed by atoms with Crippen molar-refractivity contribution >= 4 is 15.9 Å². The van der Waals surface area contributed by atoms with Gasteiger partial charge in [0, 0.05) is 13.7 Å². The lowest BCUT2D eigenvalue weighted by molar-refractivity contribution is 0.0570. The molecule has 1 aliphatic rings. The highest BCUT2D eigenvalue weighted by atomic mass is 32.2. The Bertz CT molecular complexity index is 662. The number of halogens is 1. The Morgan fingerprint density at radius 3 is 2.67 bits per heavy atom. The summed E-state index contributed by atoms with van der Waals surface area (Å²) < 4.78 is 41.8. The van der Waals surface area contributed by atoms with Crippen LogP contribution in [0.4, 0.5) is 4.39 Å². The number of hydrogen-bond donors (Lipinski definition) is 1. The molecule has 21 heavy (non-hydrogen) atoms. The van der Waals surface area contributed by atoms with E-state index < -0.39 is 21.7 Å². The van der Waals surface area contributed by atoms with E-state index >= 15 is 0 Å². The highest BCUT2D eigenvalue weighted by molar-refractivity contribution is 7.89. The van der Waals surface area contributed by atoms with Crippen LogP contribution in [0.2, 0.25) is 0 Å². The predicted octanol–water partition coefficient (Wildman–Crippen LogP) is 0.723. The van der Waals surface area contributed by atoms with Crippen molar-refractivity contribution in [2.45, 2.75) is 30.4 Å². The van der Waals surface area contributed by atoms with Gasteiger partial charge in [-0.05, 0) is 31.5 Å². The third-order valence-corrected chi connectivity index (χ3v) is 4.56. The summed E-state index contributed by atoms with van der Waals surface area (Å²) in [6, 6.07) is 2.75. The van der Waals surface area contributed by atoms with E-state index in [2.05, 4.69) is 0 Å². The summed E-state index contributed by atoms with van der Waals surface area (Å²) in [5.41, 5.74) is -0.317. The second kappa shape index (κ2) is 5.70. The maximum absolute atomic E-state index is 13.8. The molecule has 116 valence electrons. The SMILES string of the molecule is CC1OCCC1N(C)C(=O)c1cc(S(N)(=O)=O)ccc1F. The van der Waals surface area contributed by atoms with Crippen LogP contribution >= 0.6 is 0 Å². The number of carbonyl (C=O) groups is 1. The van der Waals surface area contributed by atoms with E-state index in [1.54, 1.807) is 7.05 Å². The summed E-state index contributed by atoms with van der Waals surface area (Å²) in [5.74, 6) is -1.38. The van der Waals surface area contributed by atoms with Crippen molar-refractivity contribution in [2.75, 3.05) is 13.7 Å². The van der Waals surface area contributed by atoms with E-state index in [1.807, 2.05) is 6.92 Å². The van der Waals surface area contributed by atoms with Gasteiger partial charge in [-0.15, -0.1) is 0 Å². The van der Waals surface area contributed by atoms with Gasteiger partial charge in [-0.2, -0.15) is 0 Å². The normalized spacial score (nSPS) is 22.3. The van der Waals surface area contributed by atoms with Crippen molar-refractivity contribution in [3.8, 4) is 0 Å². The first-order valence-electron chi connectivity index (χ1n) is 6.43. The van der Waals surface area contributed by atoms with Crippen LogP contribution in [0.1, 0.15) is 23.7 Å². The molecule has 2 rings (SSSR count). The molecule has 0 bridgehead atoms. The quantitative estimate of drug-likeness (QED) is 0.890. The van der Waals surface area contributed by atoms with Gasteiger partial charge < -0.3 is 9.64 Å². The summed E-state index contributed by atoms with van der Waals surface area (Å²) in [6.45, 7) is 2.36. The molecule has 1 aromatic rings. The Kier molecular flexibility index (Phi) is 4.31. The van der Waals surface area contributed by atoms with Crippen LogP contribution < -0.4 is 5.14 Å². The molecule has 2 atom stereocenters. The number of nitrogens with zero attached hydrogens (tertiary/aromatic N) is 1. The molecule has 1 aliphatic heterocycles. The second-order valence-electron chi connectivity index (χ2n) is 5.03. The number of rotatable bonds is 3. The number of carbonyl (C=O) groups excluding carboxylic acids is 1. The Hall–Kier alpha value is -1.51. The highest BCUT2D eigenvalue weighted by Crippen LogP contribution is 2.22. The molecule has 2 N–H and O–H groups in total. The molecule has 1 amide bonds. The van der Waals surface area contributed by atoms with Crippen LogP contribution in [0.3, 0.4) is 0 Å². The summed E-state index contributed by atoms with van der Waals surface area (Å²) in [4.78, 5) is 13.5. The maximum atomic E-state index is 13.8. The Labute approximate surface area is 122 Å². The standard InChI is InChI=1S/C13H17FN2O4S/c1-8-12(5-6-20-8)16(2)13(17)10-7-9(21(15,18)19)3-4-11(10)14/h3-4,7-8,12H,5-6H2,1-2H3,(H2,15,18,19). The van der Waals surface area contributed by atoms with Crippen molar-refractivity contribution in [2.24, 2.45) is 5.14 Å². The molecule has 0 aliphatic carbocycles. The summed E-state index contributed by atoms with van der Waals surface area (Å²) in [6.07, 6.45) is 0.503. The zero-order chi connectivity index (χ0) is 15.8. The van der Waals surface area contributed by atoms with Gasteiger partial charge in [-0.3, -0.25) is 4.79 Å². The monoisotopic (exact) mass is 316 g/mol. The van der Waals surface area contributed by atoms with E-state index in [1.165, 1.54) is 4.90 Å². The lowest BCUT2D eigenvalue weighted by atomic mass is 10.1. The summed E-state index contributed by atoms with van der Waals surface area (Å²) in [7, 11) is -2.45. The minimum Gasteiger partial charge on any atom is -0.376 e. The van der Waals surface area contributed by atoms with Crippen molar-refractivity contribution in [3.05, 3.63) is 29.6 Å². The molecule has 0 radical (unpaired) electrons. The van der Waals surface area contributed by atoms with Gasteiger partial charge in [0.2, 0.25) is 10.0 Å². The molecule has 6 nitrogen and oxygen atoms in total. The zero-order valence-electron chi connectivity index (χ0n) is 11.7. The van der Waals surface area contributed by atoms with Gasteiger partial charge >= 0.3 is 0 Å². The molecule has 0 aromatic heterocycles. The molecule has 2 unspecified atom stereocenters. The average Bonchev–Trinajstić information content (AvgIpc) is 2.82. The predicted molar refractivity (Wildman–Crippen MR) is 73.7 cm³/mol. The van der Waals surface area contributed by atoms with E-state index in [-0.39, 0.29) is 22.6 Å². The van der Waals surface area contributed by atoms with Gasteiger partial charge in [0.25, 0.3) is 5.91 Å². The first-order chi connectivity index (χ1) is 9.71. The van der Waals surface area contributed by atoms with E-state index in [0.717, 1.165) is 18.2 Å². The highest BCUT2D eigenvalue weighted by Gasteiger charge is 2.32. The third kappa shape index (κ3) is 3.22. The van der Waals surface area contributed by atoms with Gasteiger partial charge in [0.05, 0.1) is 22.6 Å². The van der Waals surface area contributed by atoms with Crippen LogP contribution in [-0.4, -0.2) is 45.0 Å². The molecule has 0 spiro atoms. The van der Waals surface area contributed by atoms with Gasteiger partial charge in [-0.1, -0.05) is 0 Å². The molecular formula is C13H17FN2O4S. The van der Waals surface area contributed by atoms with E-state index in [0.29, 0.717) is 13.0 Å². The number of hydrogen-bond acceptors (Lipinski definition) is 4. The van der Waals surface area contributed by atoms with Crippen molar-refractivity contribution in [1.29, 1.82) is 0 Å². The van der Waals surface area contributed by atoms with E-state index in [9.17, 15) is 17.6 Å². The van der Waals surface area contributed by atoms with Crippen LogP contribution in [0.5, 0.6) is 0 Å². The Morgan fingerprint density at radius 1 is 1.48 bits per heavy atom. The van der Waals surface area contributed by atoms with Gasteiger partial charge in [0.1, 0.15) is 5.82 Å². The lowest BCUT2D eigenvalue weighted by Gasteiger charge is -2.27. The second-order valence-corrected chi connectivity index (χ2v) is 6.60. The number of likely N-dealkylation sites (N-methyl/N-ethyl adjacent to an activating group) is 1. The molecule has 1 aromatic carbocycles. The zero-order valence-corrected chi connectivity index (χ0v) is 12.6. The molecule has 1 saturated heterocycles. The Morgan fingerprint density at radius 2 is 2.14 bits per heavy atom. The lowest BCUT2D eigenvalue weighted by Crippen LogP contribution is -2.41. The third-order valence-electron chi connectivity index (χ3n) is 3.65. The number of nitrogens with two attached hydrogens (primary N) is 1. The fourth-order valence-electron chi connectivity index (χ4n) is 2.41. The number of sulfonamides is 1. The molecular weight excluding hydrogens is 299 g/mol. The molecule has 1 heterocycles. The molecule has 1 fully saturated rings. The van der Waals surface area contributed by atoms with E-state index in [4.69, 9.17) is 9.88 Å². The van der Waals surface area contributed by atoms with Crippen LogP contribution in [0, 0.1) is 5.82 Å². The maximum Gasteiger partial charge on any atom is 0.256 e. The molecule has 8 heteroatoms. The molecule has 0 saturated carbocycles. The largest absolute Gasteiger partial charge is 0.376 e. The summed E-state index contributed by atoms with van der Waals surface area (Å²) in [5, 5.41) is 5.00. The number of ether oxygens (including phenoxy) is 1. The topological polar surface area (TPSA) is 89.7 Å². The first-order valence-corrected chi connectivity index (χ1v) is 7.97. The number of primary sulfonamides is 1. The van der Waals surface area contributed by atoms with Crippen LogP contribution in [0.15, 0.2) is 23.1 Å². The van der Waals surface area contributed by atoms with Crippen molar-refractivity contribution in [3.63, 3.8) is 0 Å². The minimum absolute atomic E-state index is 0.150.